The highest BCUT2D eigenvalue weighted by Crippen LogP contribution is 2.31. The van der Waals surface area contributed by atoms with Crippen LogP contribution in [-0.4, -0.2) is 23.5 Å². The minimum absolute atomic E-state index is 0.00664. The highest BCUT2D eigenvalue weighted by molar-refractivity contribution is 9.12. The minimum atomic E-state index is -0.00664. The molecule has 0 saturated carbocycles. The highest BCUT2D eigenvalue weighted by atomic mass is 79.9. The van der Waals surface area contributed by atoms with E-state index in [4.69, 9.17) is 0 Å². The van der Waals surface area contributed by atoms with Gasteiger partial charge in [0, 0.05) is 6.04 Å². The predicted octanol–water partition coefficient (Wildman–Crippen LogP) is 4.53. The SMILES string of the molecule is CCSCCC(C)NC(=O)c1cc(Br)sc1Br. The van der Waals surface area contributed by atoms with E-state index in [9.17, 15) is 4.79 Å². The molecule has 1 atom stereocenters. The van der Waals surface area contributed by atoms with Crippen LogP contribution < -0.4 is 5.32 Å². The van der Waals surface area contributed by atoms with Gasteiger partial charge >= 0.3 is 0 Å². The van der Waals surface area contributed by atoms with Gasteiger partial charge in [0.05, 0.1) is 13.1 Å². The maximum atomic E-state index is 12.0. The Kier molecular flexibility index (Phi) is 7.14. The summed E-state index contributed by atoms with van der Waals surface area (Å²) in [5.41, 5.74) is 0.705. The van der Waals surface area contributed by atoms with E-state index in [1.54, 1.807) is 0 Å². The van der Waals surface area contributed by atoms with Gasteiger partial charge in [0.2, 0.25) is 0 Å². The van der Waals surface area contributed by atoms with Gasteiger partial charge in [-0.25, -0.2) is 0 Å². The maximum Gasteiger partial charge on any atom is 0.253 e. The van der Waals surface area contributed by atoms with Gasteiger partial charge in [-0.15, -0.1) is 11.3 Å². The summed E-state index contributed by atoms with van der Waals surface area (Å²) in [5, 5.41) is 3.01. The molecule has 1 aromatic heterocycles. The number of amides is 1. The molecule has 6 heteroatoms. The van der Waals surface area contributed by atoms with Crippen molar-refractivity contribution in [3.63, 3.8) is 0 Å². The number of hydrogen-bond acceptors (Lipinski definition) is 3. The molecule has 1 unspecified atom stereocenters. The number of carbonyl (C=O) groups excluding carboxylic acids is 1. The lowest BCUT2D eigenvalue weighted by molar-refractivity contribution is 0.0939. The third kappa shape index (κ3) is 5.32. The van der Waals surface area contributed by atoms with Crippen molar-refractivity contribution in [2.75, 3.05) is 11.5 Å². The van der Waals surface area contributed by atoms with Crippen molar-refractivity contribution in [2.24, 2.45) is 0 Å². The number of rotatable bonds is 6. The Hall–Kier alpha value is 0.480. The van der Waals surface area contributed by atoms with Gasteiger partial charge in [-0.2, -0.15) is 11.8 Å². The summed E-state index contributed by atoms with van der Waals surface area (Å²) in [4.78, 5) is 12.0. The van der Waals surface area contributed by atoms with E-state index in [1.807, 2.05) is 24.8 Å². The molecule has 0 aliphatic rings. The molecule has 0 bridgehead atoms. The first-order valence-electron chi connectivity index (χ1n) is 5.38. The van der Waals surface area contributed by atoms with E-state index >= 15 is 0 Å². The predicted molar refractivity (Wildman–Crippen MR) is 84.3 cm³/mol. The fourth-order valence-electron chi connectivity index (χ4n) is 1.27. The van der Waals surface area contributed by atoms with Gasteiger partial charge < -0.3 is 5.32 Å². The van der Waals surface area contributed by atoms with Gasteiger partial charge in [0.25, 0.3) is 5.91 Å². The number of thiophene rings is 1. The average Bonchev–Trinajstić information content (AvgIpc) is 2.58. The van der Waals surface area contributed by atoms with Crippen molar-refractivity contribution in [2.45, 2.75) is 26.3 Å². The van der Waals surface area contributed by atoms with Crippen molar-refractivity contribution in [1.82, 2.24) is 5.32 Å². The Bertz CT molecular complexity index is 382. The monoisotopic (exact) mass is 399 g/mol. The molecule has 1 amide bonds. The van der Waals surface area contributed by atoms with E-state index in [0.29, 0.717) is 5.56 Å². The van der Waals surface area contributed by atoms with Crippen LogP contribution in [-0.2, 0) is 0 Å². The summed E-state index contributed by atoms with van der Waals surface area (Å²) in [6.45, 7) is 4.19. The van der Waals surface area contributed by atoms with Crippen molar-refractivity contribution < 1.29 is 4.79 Å². The lowest BCUT2D eigenvalue weighted by Crippen LogP contribution is -2.32. The van der Waals surface area contributed by atoms with Crippen LogP contribution in [0.15, 0.2) is 13.6 Å². The lowest BCUT2D eigenvalue weighted by atomic mass is 10.2. The molecule has 0 aromatic carbocycles. The van der Waals surface area contributed by atoms with Crippen LogP contribution in [0, 0.1) is 0 Å². The summed E-state index contributed by atoms with van der Waals surface area (Å²) in [6.07, 6.45) is 1.01. The van der Waals surface area contributed by atoms with Gasteiger partial charge in [0.15, 0.2) is 0 Å². The zero-order valence-corrected chi connectivity index (χ0v) is 14.6. The molecule has 0 aliphatic heterocycles. The Morgan fingerprint density at radius 2 is 2.29 bits per heavy atom. The first-order chi connectivity index (χ1) is 8.04. The molecule has 0 fully saturated rings. The Morgan fingerprint density at radius 1 is 1.59 bits per heavy atom. The molecule has 0 saturated heterocycles. The number of carbonyl (C=O) groups is 1. The van der Waals surface area contributed by atoms with E-state index in [2.05, 4.69) is 44.1 Å². The third-order valence-corrected chi connectivity index (χ3v) is 5.45. The second-order valence-electron chi connectivity index (χ2n) is 3.60. The van der Waals surface area contributed by atoms with Crippen LogP contribution in [0.5, 0.6) is 0 Å². The van der Waals surface area contributed by atoms with Crippen molar-refractivity contribution in [3.8, 4) is 0 Å². The van der Waals surface area contributed by atoms with Crippen LogP contribution in [0.4, 0.5) is 0 Å². The van der Waals surface area contributed by atoms with Gasteiger partial charge in [-0.3, -0.25) is 4.79 Å². The van der Waals surface area contributed by atoms with Gasteiger partial charge in [-0.1, -0.05) is 6.92 Å². The topological polar surface area (TPSA) is 29.1 Å². The zero-order valence-electron chi connectivity index (χ0n) is 9.76. The number of halogens is 2. The van der Waals surface area contributed by atoms with Crippen LogP contribution in [0.2, 0.25) is 0 Å². The molecule has 96 valence electrons. The third-order valence-electron chi connectivity index (χ3n) is 2.18. The normalized spacial score (nSPS) is 12.5. The van der Waals surface area contributed by atoms with Gasteiger partial charge in [-0.05, 0) is 62.8 Å². The van der Waals surface area contributed by atoms with Crippen LogP contribution >= 0.6 is 55.0 Å². The summed E-state index contributed by atoms with van der Waals surface area (Å²) in [7, 11) is 0. The standard InChI is InChI=1S/C11H15Br2NOS2/c1-3-16-5-4-7(2)14-11(15)8-6-9(12)17-10(8)13/h6-7H,3-5H2,1-2H3,(H,14,15). The second kappa shape index (κ2) is 7.81. The molecule has 17 heavy (non-hydrogen) atoms. The largest absolute Gasteiger partial charge is 0.349 e. The minimum Gasteiger partial charge on any atom is -0.349 e. The zero-order chi connectivity index (χ0) is 12.8. The second-order valence-corrected chi connectivity index (χ2v) is 8.74. The van der Waals surface area contributed by atoms with Gasteiger partial charge in [0.1, 0.15) is 0 Å². The fourth-order valence-corrected chi connectivity index (χ4v) is 4.88. The molecule has 1 N–H and O–H groups in total. The van der Waals surface area contributed by atoms with Crippen LogP contribution in [0.25, 0.3) is 0 Å². The first kappa shape index (κ1) is 15.5. The molecule has 1 aromatic rings. The first-order valence-corrected chi connectivity index (χ1v) is 8.93. The molecule has 2 nitrogen and oxygen atoms in total. The van der Waals surface area contributed by atoms with Crippen molar-refractivity contribution in [1.29, 1.82) is 0 Å². The average molecular weight is 401 g/mol. The highest BCUT2D eigenvalue weighted by Gasteiger charge is 2.15. The lowest BCUT2D eigenvalue weighted by Gasteiger charge is -2.12. The van der Waals surface area contributed by atoms with E-state index in [1.165, 1.54) is 11.3 Å². The van der Waals surface area contributed by atoms with E-state index in [0.717, 1.165) is 25.5 Å². The molecular weight excluding hydrogens is 386 g/mol. The molecule has 0 radical (unpaired) electrons. The number of hydrogen-bond donors (Lipinski definition) is 1. The molecular formula is C11H15Br2NOS2. The van der Waals surface area contributed by atoms with Crippen molar-refractivity contribution >= 4 is 60.9 Å². The summed E-state index contributed by atoms with van der Waals surface area (Å²) in [5.74, 6) is 2.21. The van der Waals surface area contributed by atoms with Crippen molar-refractivity contribution in [3.05, 3.63) is 19.2 Å². The quantitative estimate of drug-likeness (QED) is 0.710. The number of thioether (sulfide) groups is 1. The smallest absolute Gasteiger partial charge is 0.253 e. The molecule has 1 rings (SSSR count). The van der Waals surface area contributed by atoms with Crippen LogP contribution in [0.3, 0.4) is 0 Å². The summed E-state index contributed by atoms with van der Waals surface area (Å²) < 4.78 is 1.83. The summed E-state index contributed by atoms with van der Waals surface area (Å²) >= 11 is 10.2. The molecule has 0 aliphatic carbocycles. The van der Waals surface area contributed by atoms with E-state index in [-0.39, 0.29) is 11.9 Å². The Balaban J connectivity index is 2.46. The number of nitrogens with one attached hydrogen (secondary N) is 1. The molecule has 0 spiro atoms. The Morgan fingerprint density at radius 3 is 2.82 bits per heavy atom. The Labute approximate surface area is 127 Å². The van der Waals surface area contributed by atoms with Crippen LogP contribution in [0.1, 0.15) is 30.6 Å². The summed E-state index contributed by atoms with van der Waals surface area (Å²) in [6, 6.07) is 2.06. The maximum absolute atomic E-state index is 12.0. The molecule has 1 heterocycles. The fraction of sp³-hybridized carbons (Fsp3) is 0.545. The van der Waals surface area contributed by atoms with E-state index < -0.39 is 0 Å².